The van der Waals surface area contributed by atoms with E-state index in [-0.39, 0.29) is 12.5 Å². The Bertz CT molecular complexity index is 491. The largest absolute Gasteiger partial charge is 0.481 e. The molecular weight excluding hydrogens is 268 g/mol. The molecule has 1 aromatic rings. The van der Waals surface area contributed by atoms with Crippen LogP contribution in [0.3, 0.4) is 0 Å². The number of nitrogens with two attached hydrogens (primary N) is 1. The molecule has 3 N–H and O–H groups in total. The summed E-state index contributed by atoms with van der Waals surface area (Å²) in [6.45, 7) is 3.95. The van der Waals surface area contributed by atoms with Gasteiger partial charge in [-0.15, -0.1) is 0 Å². The molecule has 0 heterocycles. The Morgan fingerprint density at radius 1 is 1.47 bits per heavy atom. The van der Waals surface area contributed by atoms with Crippen molar-refractivity contribution in [2.45, 2.75) is 13.8 Å². The van der Waals surface area contributed by atoms with Crippen LogP contribution in [0.4, 0.5) is 5.69 Å². The molecule has 0 aromatic heterocycles. The van der Waals surface area contributed by atoms with E-state index >= 15 is 0 Å². The number of benzene rings is 1. The SMILES string of the molecule is CCN(CC(C)C(=O)O)C(=O)c1ccc(N)c(Cl)c1. The molecule has 0 fully saturated rings. The Morgan fingerprint density at radius 2 is 2.11 bits per heavy atom. The maximum absolute atomic E-state index is 12.2. The van der Waals surface area contributed by atoms with Gasteiger partial charge in [0.1, 0.15) is 0 Å². The zero-order valence-corrected chi connectivity index (χ0v) is 11.6. The molecule has 6 heteroatoms. The van der Waals surface area contributed by atoms with Crippen LogP contribution in [-0.4, -0.2) is 35.0 Å². The number of carboxylic acids is 1. The van der Waals surface area contributed by atoms with Crippen molar-refractivity contribution in [3.05, 3.63) is 28.8 Å². The fraction of sp³-hybridized carbons (Fsp3) is 0.385. The lowest BCUT2D eigenvalue weighted by atomic mass is 10.1. The molecule has 1 atom stereocenters. The van der Waals surface area contributed by atoms with E-state index in [9.17, 15) is 9.59 Å². The van der Waals surface area contributed by atoms with Gasteiger partial charge in [0.2, 0.25) is 0 Å². The zero-order valence-electron chi connectivity index (χ0n) is 10.9. The Hall–Kier alpha value is -1.75. The quantitative estimate of drug-likeness (QED) is 0.811. The first kappa shape index (κ1) is 15.3. The molecule has 0 aliphatic rings. The van der Waals surface area contributed by atoms with Crippen LogP contribution < -0.4 is 5.73 Å². The first-order valence-corrected chi connectivity index (χ1v) is 6.31. The Morgan fingerprint density at radius 3 is 2.58 bits per heavy atom. The summed E-state index contributed by atoms with van der Waals surface area (Å²) in [5.74, 6) is -1.80. The number of halogens is 1. The summed E-state index contributed by atoms with van der Waals surface area (Å²) in [6.07, 6.45) is 0. The van der Waals surface area contributed by atoms with Crippen LogP contribution in [0, 0.1) is 5.92 Å². The van der Waals surface area contributed by atoms with Crippen molar-refractivity contribution in [2.75, 3.05) is 18.8 Å². The number of carbonyl (C=O) groups is 2. The Labute approximate surface area is 117 Å². The number of rotatable bonds is 5. The van der Waals surface area contributed by atoms with E-state index in [1.165, 1.54) is 11.0 Å². The molecule has 0 bridgehead atoms. The van der Waals surface area contributed by atoms with Gasteiger partial charge >= 0.3 is 5.97 Å². The number of hydrogen-bond acceptors (Lipinski definition) is 3. The van der Waals surface area contributed by atoms with Crippen molar-refractivity contribution >= 4 is 29.2 Å². The van der Waals surface area contributed by atoms with Gasteiger partial charge in [-0.05, 0) is 25.1 Å². The molecule has 5 nitrogen and oxygen atoms in total. The molecule has 0 radical (unpaired) electrons. The molecule has 19 heavy (non-hydrogen) atoms. The number of amides is 1. The third kappa shape index (κ3) is 3.86. The van der Waals surface area contributed by atoms with Gasteiger partial charge in [-0.25, -0.2) is 0 Å². The van der Waals surface area contributed by atoms with Crippen LogP contribution in [0.1, 0.15) is 24.2 Å². The Kier molecular flexibility index (Phi) is 5.18. The second kappa shape index (κ2) is 6.43. The van der Waals surface area contributed by atoms with Gasteiger partial charge in [0.05, 0.1) is 16.6 Å². The minimum atomic E-state index is -0.929. The maximum Gasteiger partial charge on any atom is 0.308 e. The number of nitrogens with zero attached hydrogens (tertiary/aromatic N) is 1. The third-order valence-corrected chi connectivity index (χ3v) is 3.16. The second-order valence-corrected chi connectivity index (χ2v) is 4.73. The van der Waals surface area contributed by atoms with Crippen molar-refractivity contribution in [2.24, 2.45) is 5.92 Å². The molecule has 1 unspecified atom stereocenters. The summed E-state index contributed by atoms with van der Waals surface area (Å²) < 4.78 is 0. The van der Waals surface area contributed by atoms with E-state index in [0.29, 0.717) is 22.8 Å². The van der Waals surface area contributed by atoms with Crippen LogP contribution in [0.2, 0.25) is 5.02 Å². The summed E-state index contributed by atoms with van der Waals surface area (Å²) in [4.78, 5) is 24.5. The zero-order chi connectivity index (χ0) is 14.6. The van der Waals surface area contributed by atoms with Crippen LogP contribution in [0.15, 0.2) is 18.2 Å². The number of nitrogen functional groups attached to an aromatic ring is 1. The van der Waals surface area contributed by atoms with Gasteiger partial charge in [0.25, 0.3) is 5.91 Å². The predicted molar refractivity (Wildman–Crippen MR) is 74.2 cm³/mol. The average molecular weight is 285 g/mol. The first-order valence-electron chi connectivity index (χ1n) is 5.93. The maximum atomic E-state index is 12.2. The lowest BCUT2D eigenvalue weighted by molar-refractivity contribution is -0.141. The molecule has 1 rings (SSSR count). The van der Waals surface area contributed by atoms with Gasteiger partial charge in [-0.2, -0.15) is 0 Å². The highest BCUT2D eigenvalue weighted by atomic mass is 35.5. The van der Waals surface area contributed by atoms with Crippen LogP contribution in [-0.2, 0) is 4.79 Å². The fourth-order valence-corrected chi connectivity index (χ4v) is 1.79. The van der Waals surface area contributed by atoms with Crippen LogP contribution >= 0.6 is 11.6 Å². The number of anilines is 1. The van der Waals surface area contributed by atoms with Crippen LogP contribution in [0.5, 0.6) is 0 Å². The van der Waals surface area contributed by atoms with Crippen molar-refractivity contribution in [1.82, 2.24) is 4.90 Å². The molecule has 0 saturated heterocycles. The fourth-order valence-electron chi connectivity index (χ4n) is 1.61. The summed E-state index contributed by atoms with van der Waals surface area (Å²) in [5, 5.41) is 9.20. The van der Waals surface area contributed by atoms with Crippen molar-refractivity contribution < 1.29 is 14.7 Å². The first-order chi connectivity index (χ1) is 8.86. The number of carbonyl (C=O) groups excluding carboxylic acids is 1. The van der Waals surface area contributed by atoms with Gasteiger partial charge in [-0.3, -0.25) is 9.59 Å². The van der Waals surface area contributed by atoms with Gasteiger partial charge in [-0.1, -0.05) is 18.5 Å². The van der Waals surface area contributed by atoms with E-state index in [1.807, 2.05) is 0 Å². The van der Waals surface area contributed by atoms with Crippen LogP contribution in [0.25, 0.3) is 0 Å². The topological polar surface area (TPSA) is 83.6 Å². The van der Waals surface area contributed by atoms with E-state index in [2.05, 4.69) is 0 Å². The van der Waals surface area contributed by atoms with Gasteiger partial charge < -0.3 is 15.7 Å². The Balaban J connectivity index is 2.89. The lowest BCUT2D eigenvalue weighted by Crippen LogP contribution is -2.36. The van der Waals surface area contributed by atoms with Gasteiger partial charge in [0.15, 0.2) is 0 Å². The molecule has 0 aliphatic heterocycles. The molecule has 0 saturated carbocycles. The minimum Gasteiger partial charge on any atom is -0.481 e. The lowest BCUT2D eigenvalue weighted by Gasteiger charge is -2.23. The van der Waals surface area contributed by atoms with E-state index in [0.717, 1.165) is 0 Å². The van der Waals surface area contributed by atoms with Crippen molar-refractivity contribution in [3.8, 4) is 0 Å². The molecule has 0 aliphatic carbocycles. The summed E-state index contributed by atoms with van der Waals surface area (Å²) >= 11 is 5.87. The predicted octanol–water partition coefficient (Wildman–Crippen LogP) is 2.11. The number of aliphatic carboxylic acids is 1. The highest BCUT2D eigenvalue weighted by molar-refractivity contribution is 6.33. The van der Waals surface area contributed by atoms with Crippen molar-refractivity contribution in [1.29, 1.82) is 0 Å². The smallest absolute Gasteiger partial charge is 0.308 e. The highest BCUT2D eigenvalue weighted by Gasteiger charge is 2.20. The molecule has 104 valence electrons. The van der Waals surface area contributed by atoms with E-state index < -0.39 is 11.9 Å². The van der Waals surface area contributed by atoms with E-state index in [4.69, 9.17) is 22.4 Å². The standard InChI is InChI=1S/C13H17ClN2O3/c1-3-16(7-8(2)13(18)19)12(17)9-4-5-11(15)10(14)6-9/h4-6,8H,3,7,15H2,1-2H3,(H,18,19). The van der Waals surface area contributed by atoms with Gasteiger partial charge in [0, 0.05) is 18.7 Å². The average Bonchev–Trinajstić information content (AvgIpc) is 2.37. The number of hydrogen-bond donors (Lipinski definition) is 2. The minimum absolute atomic E-state index is 0.159. The van der Waals surface area contributed by atoms with E-state index in [1.54, 1.807) is 26.0 Å². The summed E-state index contributed by atoms with van der Waals surface area (Å²) in [7, 11) is 0. The molecule has 0 spiro atoms. The monoisotopic (exact) mass is 284 g/mol. The van der Waals surface area contributed by atoms with Crippen molar-refractivity contribution in [3.63, 3.8) is 0 Å². The summed E-state index contributed by atoms with van der Waals surface area (Å²) in [6, 6.07) is 4.63. The third-order valence-electron chi connectivity index (χ3n) is 2.83. The summed E-state index contributed by atoms with van der Waals surface area (Å²) in [5.41, 5.74) is 6.39. The molecule has 1 amide bonds. The highest BCUT2D eigenvalue weighted by Crippen LogP contribution is 2.20. The second-order valence-electron chi connectivity index (χ2n) is 4.32. The molecule has 1 aromatic carbocycles. The number of carboxylic acid groups (broad SMARTS) is 1. The molecular formula is C13H17ClN2O3. The normalized spacial score (nSPS) is 11.9.